The van der Waals surface area contributed by atoms with Gasteiger partial charge < -0.3 is 10.4 Å². The highest BCUT2D eigenvalue weighted by Crippen LogP contribution is 2.20. The number of carbonyl (C=O) groups is 2. The normalized spacial score (nSPS) is 10.1. The van der Waals surface area contributed by atoms with E-state index in [1.54, 1.807) is 12.1 Å². The van der Waals surface area contributed by atoms with Crippen molar-refractivity contribution in [3.63, 3.8) is 0 Å². The predicted molar refractivity (Wildman–Crippen MR) is 78.3 cm³/mol. The van der Waals surface area contributed by atoms with Crippen LogP contribution in [0.25, 0.3) is 0 Å². The van der Waals surface area contributed by atoms with E-state index in [4.69, 9.17) is 16.7 Å². The summed E-state index contributed by atoms with van der Waals surface area (Å²) in [6, 6.07) is 7.34. The average molecular weight is 356 g/mol. The van der Waals surface area contributed by atoms with E-state index < -0.39 is 11.9 Å². The molecular formula is C13H8BrClN2O3. The largest absolute Gasteiger partial charge is 0.478 e. The number of pyridine rings is 1. The molecule has 1 aromatic carbocycles. The Kier molecular flexibility index (Phi) is 4.36. The first-order valence-electron chi connectivity index (χ1n) is 5.42. The van der Waals surface area contributed by atoms with Crippen LogP contribution in [0.3, 0.4) is 0 Å². The highest BCUT2D eigenvalue weighted by atomic mass is 79.9. The van der Waals surface area contributed by atoms with Crippen LogP contribution in [0.5, 0.6) is 0 Å². The minimum atomic E-state index is -1.12. The molecule has 0 atom stereocenters. The van der Waals surface area contributed by atoms with E-state index in [0.29, 0.717) is 15.9 Å². The van der Waals surface area contributed by atoms with Crippen LogP contribution < -0.4 is 5.32 Å². The molecule has 0 aliphatic rings. The molecule has 0 saturated carbocycles. The van der Waals surface area contributed by atoms with E-state index in [-0.39, 0.29) is 10.6 Å². The Morgan fingerprint density at radius 1 is 1.20 bits per heavy atom. The smallest absolute Gasteiger partial charge is 0.335 e. The molecule has 0 bridgehead atoms. The highest BCUT2D eigenvalue weighted by molar-refractivity contribution is 9.10. The van der Waals surface area contributed by atoms with Crippen molar-refractivity contribution in [3.8, 4) is 0 Å². The number of halogens is 2. The Bertz CT molecular complexity index is 674. The van der Waals surface area contributed by atoms with Crippen LogP contribution in [0.2, 0.25) is 5.02 Å². The van der Waals surface area contributed by atoms with Gasteiger partial charge in [-0.1, -0.05) is 11.6 Å². The zero-order chi connectivity index (χ0) is 14.7. The number of carboxylic acids is 1. The quantitative estimate of drug-likeness (QED) is 0.827. The van der Waals surface area contributed by atoms with Crippen LogP contribution in [-0.2, 0) is 0 Å². The molecular weight excluding hydrogens is 348 g/mol. The first kappa shape index (κ1) is 14.5. The SMILES string of the molecule is O=C(O)c1cc(Cl)cc(NC(=O)c2ccc(Br)nc2)c1. The molecule has 0 aliphatic carbocycles. The molecule has 0 unspecified atom stereocenters. The van der Waals surface area contributed by atoms with Crippen LogP contribution in [0.15, 0.2) is 41.1 Å². The number of carboxylic acid groups (broad SMARTS) is 1. The number of nitrogens with one attached hydrogen (secondary N) is 1. The van der Waals surface area contributed by atoms with E-state index in [1.807, 2.05) is 0 Å². The van der Waals surface area contributed by atoms with Gasteiger partial charge in [0.15, 0.2) is 0 Å². The standard InChI is InChI=1S/C13H8BrClN2O3/c14-11-2-1-7(6-16-11)12(18)17-10-4-8(13(19)20)3-9(15)5-10/h1-6H,(H,17,18)(H,19,20). The van der Waals surface area contributed by atoms with Crippen molar-refractivity contribution in [1.82, 2.24) is 4.98 Å². The van der Waals surface area contributed by atoms with Crippen molar-refractivity contribution in [3.05, 3.63) is 57.3 Å². The number of benzene rings is 1. The summed E-state index contributed by atoms with van der Waals surface area (Å²) in [6.07, 6.45) is 1.40. The third-order valence-corrected chi connectivity index (χ3v) is 3.08. The van der Waals surface area contributed by atoms with Crippen LogP contribution in [-0.4, -0.2) is 22.0 Å². The van der Waals surface area contributed by atoms with E-state index in [1.165, 1.54) is 24.4 Å². The summed E-state index contributed by atoms with van der Waals surface area (Å²) in [6.45, 7) is 0. The molecule has 2 N–H and O–H groups in total. The van der Waals surface area contributed by atoms with Crippen molar-refractivity contribution in [1.29, 1.82) is 0 Å². The average Bonchev–Trinajstić information content (AvgIpc) is 2.38. The summed E-state index contributed by atoms with van der Waals surface area (Å²) in [4.78, 5) is 26.8. The number of carbonyl (C=O) groups excluding carboxylic acids is 1. The van der Waals surface area contributed by atoms with E-state index in [9.17, 15) is 9.59 Å². The first-order chi connectivity index (χ1) is 9.45. The minimum absolute atomic E-state index is 0.00160. The molecule has 2 rings (SSSR count). The summed E-state index contributed by atoms with van der Waals surface area (Å²) in [5.74, 6) is -1.52. The lowest BCUT2D eigenvalue weighted by atomic mass is 10.2. The number of rotatable bonds is 3. The monoisotopic (exact) mass is 354 g/mol. The number of aromatic nitrogens is 1. The summed E-state index contributed by atoms with van der Waals surface area (Å²) in [5, 5.41) is 11.7. The van der Waals surface area contributed by atoms with Gasteiger partial charge in [-0.05, 0) is 46.3 Å². The molecule has 0 fully saturated rings. The van der Waals surface area contributed by atoms with Gasteiger partial charge in [0.1, 0.15) is 4.60 Å². The second kappa shape index (κ2) is 6.02. The third kappa shape index (κ3) is 3.55. The van der Waals surface area contributed by atoms with Crippen molar-refractivity contribution in [2.75, 3.05) is 5.32 Å². The van der Waals surface area contributed by atoms with E-state index in [2.05, 4.69) is 26.2 Å². The van der Waals surface area contributed by atoms with E-state index in [0.717, 1.165) is 0 Å². The van der Waals surface area contributed by atoms with Gasteiger partial charge in [-0.3, -0.25) is 4.79 Å². The Morgan fingerprint density at radius 2 is 1.95 bits per heavy atom. The summed E-state index contributed by atoms with van der Waals surface area (Å²) in [5.41, 5.74) is 0.662. The van der Waals surface area contributed by atoms with Gasteiger partial charge >= 0.3 is 5.97 Å². The van der Waals surface area contributed by atoms with E-state index >= 15 is 0 Å². The van der Waals surface area contributed by atoms with Crippen LogP contribution in [0.4, 0.5) is 5.69 Å². The van der Waals surface area contributed by atoms with Crippen molar-refractivity contribution >= 4 is 45.1 Å². The van der Waals surface area contributed by atoms with Crippen LogP contribution >= 0.6 is 27.5 Å². The molecule has 1 heterocycles. The Hall–Kier alpha value is -1.92. The van der Waals surface area contributed by atoms with Crippen molar-refractivity contribution < 1.29 is 14.7 Å². The maximum absolute atomic E-state index is 12.0. The molecule has 1 aromatic heterocycles. The van der Waals surface area contributed by atoms with Crippen LogP contribution in [0, 0.1) is 0 Å². The Balaban J connectivity index is 2.23. The van der Waals surface area contributed by atoms with Gasteiger partial charge in [0.05, 0.1) is 11.1 Å². The lowest BCUT2D eigenvalue weighted by Gasteiger charge is -2.07. The highest BCUT2D eigenvalue weighted by Gasteiger charge is 2.10. The number of aromatic carboxylic acids is 1. The maximum Gasteiger partial charge on any atom is 0.335 e. The molecule has 0 saturated heterocycles. The molecule has 7 heteroatoms. The second-order valence-electron chi connectivity index (χ2n) is 3.86. The van der Waals surface area contributed by atoms with Gasteiger partial charge in [0.25, 0.3) is 5.91 Å². The molecule has 0 aliphatic heterocycles. The molecule has 5 nitrogen and oxygen atoms in total. The fraction of sp³-hybridized carbons (Fsp3) is 0. The zero-order valence-corrected chi connectivity index (χ0v) is 12.3. The molecule has 2 aromatic rings. The number of anilines is 1. The number of nitrogens with zero attached hydrogens (tertiary/aromatic N) is 1. The van der Waals surface area contributed by atoms with Gasteiger partial charge in [-0.15, -0.1) is 0 Å². The summed E-state index contributed by atoms with van der Waals surface area (Å²) < 4.78 is 0.616. The Morgan fingerprint density at radius 3 is 2.55 bits per heavy atom. The fourth-order valence-corrected chi connectivity index (χ4v) is 1.97. The van der Waals surface area contributed by atoms with Crippen LogP contribution in [0.1, 0.15) is 20.7 Å². The maximum atomic E-state index is 12.0. The molecule has 20 heavy (non-hydrogen) atoms. The lowest BCUT2D eigenvalue weighted by Crippen LogP contribution is -2.12. The second-order valence-corrected chi connectivity index (χ2v) is 5.11. The van der Waals surface area contributed by atoms with Gasteiger partial charge in [-0.25, -0.2) is 9.78 Å². The van der Waals surface area contributed by atoms with Crippen molar-refractivity contribution in [2.24, 2.45) is 0 Å². The minimum Gasteiger partial charge on any atom is -0.478 e. The molecule has 0 spiro atoms. The molecule has 1 amide bonds. The van der Waals surface area contributed by atoms with Gasteiger partial charge in [-0.2, -0.15) is 0 Å². The van der Waals surface area contributed by atoms with Gasteiger partial charge in [0.2, 0.25) is 0 Å². The number of amides is 1. The van der Waals surface area contributed by atoms with Gasteiger partial charge in [0, 0.05) is 16.9 Å². The number of hydrogen-bond donors (Lipinski definition) is 2. The zero-order valence-electron chi connectivity index (χ0n) is 9.93. The topological polar surface area (TPSA) is 79.3 Å². The summed E-state index contributed by atoms with van der Waals surface area (Å²) in [7, 11) is 0. The lowest BCUT2D eigenvalue weighted by molar-refractivity contribution is 0.0696. The fourth-order valence-electron chi connectivity index (χ4n) is 1.50. The first-order valence-corrected chi connectivity index (χ1v) is 6.59. The predicted octanol–water partition coefficient (Wildman–Crippen LogP) is 3.45. The third-order valence-electron chi connectivity index (χ3n) is 2.39. The Labute approximate surface area is 127 Å². The van der Waals surface area contributed by atoms with Crippen molar-refractivity contribution in [2.45, 2.75) is 0 Å². The number of hydrogen-bond acceptors (Lipinski definition) is 3. The molecule has 102 valence electrons. The molecule has 0 radical (unpaired) electrons. The summed E-state index contributed by atoms with van der Waals surface area (Å²) >= 11 is 8.98.